The number of nitrogens with one attached hydrogen (secondary N) is 2. The molecule has 0 bridgehead atoms. The van der Waals surface area contributed by atoms with Crippen molar-refractivity contribution in [1.82, 2.24) is 15.5 Å². The summed E-state index contributed by atoms with van der Waals surface area (Å²) in [6, 6.07) is 10.8. The number of furan rings is 1. The van der Waals surface area contributed by atoms with Crippen LogP contribution < -0.4 is 16.4 Å². The third kappa shape index (κ3) is 5.88. The minimum Gasteiger partial charge on any atom is -0.454 e. The lowest BCUT2D eigenvalue weighted by molar-refractivity contribution is 0.0827. The number of guanidine groups is 1. The van der Waals surface area contributed by atoms with Crippen LogP contribution in [0.2, 0.25) is 0 Å². The van der Waals surface area contributed by atoms with E-state index in [1.807, 2.05) is 24.3 Å². The molecule has 1 heterocycles. The summed E-state index contributed by atoms with van der Waals surface area (Å²) >= 11 is 0. The molecule has 0 aliphatic carbocycles. The highest BCUT2D eigenvalue weighted by Crippen LogP contribution is 2.08. The Morgan fingerprint density at radius 1 is 1.19 bits per heavy atom. The molecule has 0 fully saturated rings. The second-order valence-electron chi connectivity index (χ2n) is 6.13. The molecule has 8 nitrogen and oxygen atoms in total. The van der Waals surface area contributed by atoms with Gasteiger partial charge in [-0.15, -0.1) is 0 Å². The third-order valence-electron chi connectivity index (χ3n) is 3.84. The average molecular weight is 371 g/mol. The first kappa shape index (κ1) is 20.0. The van der Waals surface area contributed by atoms with Gasteiger partial charge >= 0.3 is 0 Å². The maximum atomic E-state index is 12.0. The second-order valence-corrected chi connectivity index (χ2v) is 6.13. The normalized spacial score (nSPS) is 11.1. The summed E-state index contributed by atoms with van der Waals surface area (Å²) in [5, 5.41) is 6.30. The molecule has 0 radical (unpaired) electrons. The summed E-state index contributed by atoms with van der Waals surface area (Å²) in [5.74, 6) is 0.700. The standard InChI is InChI=1S/C19H25N5O3/c1-21-19(23-12-15-7-8-16(27-15)17(20)25)22-10-9-13-5-4-6-14(11-13)18(26)24(2)3/h4-8,11H,9-10,12H2,1-3H3,(H2,20,25)(H2,21,22,23). The molecular formula is C19H25N5O3. The predicted molar refractivity (Wildman–Crippen MR) is 104 cm³/mol. The second kappa shape index (κ2) is 9.42. The van der Waals surface area contributed by atoms with Crippen molar-refractivity contribution in [3.05, 3.63) is 59.0 Å². The number of benzene rings is 1. The summed E-state index contributed by atoms with van der Waals surface area (Å²) in [4.78, 5) is 28.8. The van der Waals surface area contributed by atoms with Crippen molar-refractivity contribution in [1.29, 1.82) is 0 Å². The molecule has 2 rings (SSSR count). The molecule has 0 saturated carbocycles. The molecule has 27 heavy (non-hydrogen) atoms. The number of nitrogens with two attached hydrogens (primary N) is 1. The van der Waals surface area contributed by atoms with Gasteiger partial charge in [-0.3, -0.25) is 14.6 Å². The van der Waals surface area contributed by atoms with E-state index in [0.29, 0.717) is 30.4 Å². The van der Waals surface area contributed by atoms with Gasteiger partial charge in [-0.2, -0.15) is 0 Å². The van der Waals surface area contributed by atoms with Gasteiger partial charge in [0.05, 0.1) is 6.54 Å². The van der Waals surface area contributed by atoms with E-state index in [9.17, 15) is 9.59 Å². The van der Waals surface area contributed by atoms with Gasteiger partial charge in [0.1, 0.15) is 5.76 Å². The van der Waals surface area contributed by atoms with E-state index in [1.54, 1.807) is 32.1 Å². The van der Waals surface area contributed by atoms with E-state index in [-0.39, 0.29) is 11.7 Å². The summed E-state index contributed by atoms with van der Waals surface area (Å²) in [6.07, 6.45) is 0.738. The number of carbonyl (C=O) groups is 2. The SMILES string of the molecule is CN=C(NCCc1cccc(C(=O)N(C)C)c1)NCc1ccc(C(N)=O)o1. The van der Waals surface area contributed by atoms with Crippen LogP contribution in [-0.4, -0.2) is 50.4 Å². The smallest absolute Gasteiger partial charge is 0.284 e. The van der Waals surface area contributed by atoms with E-state index < -0.39 is 5.91 Å². The molecule has 0 aliphatic heterocycles. The van der Waals surface area contributed by atoms with Crippen LogP contribution in [0, 0.1) is 0 Å². The Balaban J connectivity index is 1.83. The van der Waals surface area contributed by atoms with Crippen molar-refractivity contribution in [2.24, 2.45) is 10.7 Å². The molecule has 144 valence electrons. The van der Waals surface area contributed by atoms with Crippen molar-refractivity contribution >= 4 is 17.8 Å². The molecule has 2 amide bonds. The first-order chi connectivity index (χ1) is 12.9. The van der Waals surface area contributed by atoms with E-state index in [0.717, 1.165) is 12.0 Å². The topological polar surface area (TPSA) is 113 Å². The Labute approximate surface area is 158 Å². The molecule has 0 aliphatic rings. The number of amides is 2. The lowest BCUT2D eigenvalue weighted by atomic mass is 10.1. The van der Waals surface area contributed by atoms with E-state index in [2.05, 4.69) is 15.6 Å². The average Bonchev–Trinajstić information content (AvgIpc) is 3.13. The minimum absolute atomic E-state index is 0.0175. The lowest BCUT2D eigenvalue weighted by Crippen LogP contribution is -2.37. The van der Waals surface area contributed by atoms with Gasteiger partial charge in [0, 0.05) is 33.3 Å². The fourth-order valence-corrected chi connectivity index (χ4v) is 2.44. The van der Waals surface area contributed by atoms with Crippen LogP contribution in [0.4, 0.5) is 0 Å². The first-order valence-corrected chi connectivity index (χ1v) is 8.54. The van der Waals surface area contributed by atoms with Crippen LogP contribution in [0.1, 0.15) is 32.2 Å². The van der Waals surface area contributed by atoms with Gasteiger partial charge in [-0.25, -0.2) is 0 Å². The predicted octanol–water partition coefficient (Wildman–Crippen LogP) is 0.988. The van der Waals surface area contributed by atoms with Crippen LogP contribution in [0.5, 0.6) is 0 Å². The van der Waals surface area contributed by atoms with E-state index in [4.69, 9.17) is 10.2 Å². The van der Waals surface area contributed by atoms with Crippen LogP contribution in [0.3, 0.4) is 0 Å². The number of nitrogens with zero attached hydrogens (tertiary/aromatic N) is 2. The highest BCUT2D eigenvalue weighted by molar-refractivity contribution is 5.94. The zero-order valence-electron chi connectivity index (χ0n) is 15.8. The Bertz CT molecular complexity index is 826. The van der Waals surface area contributed by atoms with Crippen LogP contribution in [0.25, 0.3) is 0 Å². The van der Waals surface area contributed by atoms with Crippen molar-refractivity contribution in [2.75, 3.05) is 27.7 Å². The Kier molecular flexibility index (Phi) is 6.99. The molecule has 0 spiro atoms. The zero-order valence-corrected chi connectivity index (χ0v) is 15.8. The molecule has 0 atom stereocenters. The van der Waals surface area contributed by atoms with Gasteiger partial charge < -0.3 is 25.7 Å². The molecule has 4 N–H and O–H groups in total. The van der Waals surface area contributed by atoms with E-state index in [1.165, 1.54) is 6.07 Å². The largest absolute Gasteiger partial charge is 0.454 e. The molecule has 8 heteroatoms. The van der Waals surface area contributed by atoms with Crippen LogP contribution in [-0.2, 0) is 13.0 Å². The Hall–Kier alpha value is -3.29. The molecule has 1 aromatic heterocycles. The third-order valence-corrected chi connectivity index (χ3v) is 3.84. The summed E-state index contributed by atoms with van der Waals surface area (Å²) in [5.41, 5.74) is 6.89. The van der Waals surface area contributed by atoms with Crippen LogP contribution in [0.15, 0.2) is 45.8 Å². The molecule has 2 aromatic rings. The number of rotatable bonds is 7. The quantitative estimate of drug-likeness (QED) is 0.496. The lowest BCUT2D eigenvalue weighted by Gasteiger charge is -2.13. The number of carbonyl (C=O) groups excluding carboxylic acids is 2. The molecule has 0 unspecified atom stereocenters. The Morgan fingerprint density at radius 3 is 2.59 bits per heavy atom. The van der Waals surface area contributed by atoms with Crippen molar-refractivity contribution < 1.29 is 14.0 Å². The number of primary amides is 1. The highest BCUT2D eigenvalue weighted by Gasteiger charge is 2.09. The van der Waals surface area contributed by atoms with Gasteiger partial charge in [-0.1, -0.05) is 12.1 Å². The minimum atomic E-state index is -0.598. The maximum absolute atomic E-state index is 12.0. The molecular weight excluding hydrogens is 346 g/mol. The number of aliphatic imine (C=N–C) groups is 1. The van der Waals surface area contributed by atoms with Crippen molar-refractivity contribution in [3.8, 4) is 0 Å². The number of hydrogen-bond donors (Lipinski definition) is 3. The van der Waals surface area contributed by atoms with Gasteiger partial charge in [0.15, 0.2) is 11.7 Å². The first-order valence-electron chi connectivity index (χ1n) is 8.54. The summed E-state index contributed by atoms with van der Waals surface area (Å²) in [6.45, 7) is 1.02. The molecule has 1 aromatic carbocycles. The highest BCUT2D eigenvalue weighted by atomic mass is 16.3. The van der Waals surface area contributed by atoms with Gasteiger partial charge in [0.25, 0.3) is 11.8 Å². The summed E-state index contributed by atoms with van der Waals surface area (Å²) < 4.78 is 5.31. The fraction of sp³-hybridized carbons (Fsp3) is 0.316. The summed E-state index contributed by atoms with van der Waals surface area (Å²) in [7, 11) is 5.14. The van der Waals surface area contributed by atoms with Gasteiger partial charge in [0.2, 0.25) is 0 Å². The number of hydrogen-bond acceptors (Lipinski definition) is 4. The van der Waals surface area contributed by atoms with Crippen molar-refractivity contribution in [3.63, 3.8) is 0 Å². The van der Waals surface area contributed by atoms with Gasteiger partial charge in [-0.05, 0) is 36.2 Å². The fourth-order valence-electron chi connectivity index (χ4n) is 2.44. The molecule has 0 saturated heterocycles. The maximum Gasteiger partial charge on any atom is 0.284 e. The Morgan fingerprint density at radius 2 is 1.96 bits per heavy atom. The monoisotopic (exact) mass is 371 g/mol. The zero-order chi connectivity index (χ0) is 19.8. The van der Waals surface area contributed by atoms with Crippen LogP contribution >= 0.6 is 0 Å². The van der Waals surface area contributed by atoms with Crippen molar-refractivity contribution in [2.45, 2.75) is 13.0 Å². The van der Waals surface area contributed by atoms with E-state index >= 15 is 0 Å².